The quantitative estimate of drug-likeness (QED) is 0.896. The van der Waals surface area contributed by atoms with Gasteiger partial charge in [0.2, 0.25) is 5.91 Å². The number of piperidine rings is 1. The first kappa shape index (κ1) is 15.1. The SMILES string of the molecule is O=C(CN1CC2CCCNC2C1)Nc1c(Cl)cccc1Cl. The number of amides is 1. The molecule has 1 aromatic carbocycles. The molecule has 3 rings (SSSR count). The number of rotatable bonds is 3. The van der Waals surface area contributed by atoms with E-state index in [2.05, 4.69) is 15.5 Å². The number of para-hydroxylation sites is 1. The van der Waals surface area contributed by atoms with Crippen LogP contribution in [0.3, 0.4) is 0 Å². The van der Waals surface area contributed by atoms with Crippen LogP contribution >= 0.6 is 23.2 Å². The van der Waals surface area contributed by atoms with Crippen molar-refractivity contribution in [1.82, 2.24) is 10.2 Å². The highest BCUT2D eigenvalue weighted by atomic mass is 35.5. The molecule has 6 heteroatoms. The zero-order valence-corrected chi connectivity index (χ0v) is 13.3. The molecular weight excluding hydrogens is 309 g/mol. The van der Waals surface area contributed by atoms with Crippen LogP contribution in [-0.2, 0) is 4.79 Å². The highest BCUT2D eigenvalue weighted by molar-refractivity contribution is 6.39. The Morgan fingerprint density at radius 2 is 2.10 bits per heavy atom. The Bertz CT molecular complexity index is 503. The van der Waals surface area contributed by atoms with Gasteiger partial charge in [0.15, 0.2) is 0 Å². The molecule has 2 fully saturated rings. The first-order valence-electron chi connectivity index (χ1n) is 7.33. The predicted molar refractivity (Wildman–Crippen MR) is 86.0 cm³/mol. The van der Waals surface area contributed by atoms with E-state index in [-0.39, 0.29) is 5.91 Å². The average molecular weight is 328 g/mol. The van der Waals surface area contributed by atoms with E-state index in [0.29, 0.717) is 34.2 Å². The Morgan fingerprint density at radius 1 is 1.33 bits per heavy atom. The largest absolute Gasteiger partial charge is 0.322 e. The lowest BCUT2D eigenvalue weighted by molar-refractivity contribution is -0.117. The molecule has 1 aromatic rings. The van der Waals surface area contributed by atoms with Gasteiger partial charge in [-0.05, 0) is 37.4 Å². The van der Waals surface area contributed by atoms with Crippen molar-refractivity contribution in [1.29, 1.82) is 0 Å². The Labute approximate surface area is 134 Å². The second-order valence-electron chi connectivity index (χ2n) is 5.80. The van der Waals surface area contributed by atoms with Gasteiger partial charge in [-0.1, -0.05) is 29.3 Å². The van der Waals surface area contributed by atoms with E-state index in [9.17, 15) is 4.79 Å². The summed E-state index contributed by atoms with van der Waals surface area (Å²) >= 11 is 12.1. The van der Waals surface area contributed by atoms with Gasteiger partial charge in [-0.3, -0.25) is 9.69 Å². The van der Waals surface area contributed by atoms with E-state index in [1.807, 2.05) is 0 Å². The molecule has 2 N–H and O–H groups in total. The summed E-state index contributed by atoms with van der Waals surface area (Å²) in [6.07, 6.45) is 2.49. The number of anilines is 1. The first-order valence-corrected chi connectivity index (χ1v) is 8.08. The molecule has 0 aliphatic carbocycles. The average Bonchev–Trinajstić information content (AvgIpc) is 2.85. The van der Waals surface area contributed by atoms with Crippen LogP contribution < -0.4 is 10.6 Å². The summed E-state index contributed by atoms with van der Waals surface area (Å²) in [5, 5.41) is 7.29. The third kappa shape index (κ3) is 3.51. The van der Waals surface area contributed by atoms with Crippen LogP contribution in [0.25, 0.3) is 0 Å². The maximum Gasteiger partial charge on any atom is 0.238 e. The number of fused-ring (bicyclic) bond motifs is 1. The summed E-state index contributed by atoms with van der Waals surface area (Å²) in [6, 6.07) is 5.74. The van der Waals surface area contributed by atoms with Gasteiger partial charge in [0, 0.05) is 19.1 Å². The molecule has 2 heterocycles. The lowest BCUT2D eigenvalue weighted by Crippen LogP contribution is -2.41. The summed E-state index contributed by atoms with van der Waals surface area (Å²) in [5.41, 5.74) is 0.501. The molecule has 0 radical (unpaired) electrons. The molecule has 0 aromatic heterocycles. The van der Waals surface area contributed by atoms with Crippen LogP contribution in [-0.4, -0.2) is 43.0 Å². The Morgan fingerprint density at radius 3 is 2.81 bits per heavy atom. The molecule has 21 heavy (non-hydrogen) atoms. The van der Waals surface area contributed by atoms with Gasteiger partial charge in [0.25, 0.3) is 0 Å². The smallest absolute Gasteiger partial charge is 0.238 e. The zero-order chi connectivity index (χ0) is 14.8. The molecule has 2 atom stereocenters. The first-order chi connectivity index (χ1) is 10.1. The normalized spacial score (nSPS) is 25.6. The van der Waals surface area contributed by atoms with Crippen molar-refractivity contribution < 1.29 is 4.79 Å². The van der Waals surface area contributed by atoms with E-state index in [1.54, 1.807) is 18.2 Å². The number of nitrogens with one attached hydrogen (secondary N) is 2. The van der Waals surface area contributed by atoms with E-state index in [1.165, 1.54) is 12.8 Å². The van der Waals surface area contributed by atoms with Crippen LogP contribution in [0.4, 0.5) is 5.69 Å². The zero-order valence-electron chi connectivity index (χ0n) is 11.7. The number of halogens is 2. The second-order valence-corrected chi connectivity index (χ2v) is 6.62. The van der Waals surface area contributed by atoms with Crippen LogP contribution in [0.2, 0.25) is 10.0 Å². The molecule has 0 saturated carbocycles. The summed E-state index contributed by atoms with van der Waals surface area (Å²) < 4.78 is 0. The minimum absolute atomic E-state index is 0.0661. The van der Waals surface area contributed by atoms with Crippen molar-refractivity contribution in [2.24, 2.45) is 5.92 Å². The highest BCUT2D eigenvalue weighted by Gasteiger charge is 2.34. The van der Waals surface area contributed by atoms with Crippen LogP contribution in [0.5, 0.6) is 0 Å². The summed E-state index contributed by atoms with van der Waals surface area (Å²) in [5.74, 6) is 0.610. The number of benzene rings is 1. The number of likely N-dealkylation sites (tertiary alicyclic amines) is 1. The van der Waals surface area contributed by atoms with Gasteiger partial charge in [0.1, 0.15) is 0 Å². The van der Waals surface area contributed by atoms with Crippen LogP contribution in [0.1, 0.15) is 12.8 Å². The van der Waals surface area contributed by atoms with Crippen molar-refractivity contribution in [3.63, 3.8) is 0 Å². The number of carbonyl (C=O) groups is 1. The maximum atomic E-state index is 12.2. The molecule has 0 bridgehead atoms. The molecule has 0 spiro atoms. The van der Waals surface area contributed by atoms with Gasteiger partial charge >= 0.3 is 0 Å². The Kier molecular flexibility index (Phi) is 4.69. The lowest BCUT2D eigenvalue weighted by Gasteiger charge is -2.24. The van der Waals surface area contributed by atoms with Crippen LogP contribution in [0, 0.1) is 5.92 Å². The van der Waals surface area contributed by atoms with Crippen molar-refractivity contribution in [2.45, 2.75) is 18.9 Å². The highest BCUT2D eigenvalue weighted by Crippen LogP contribution is 2.30. The fourth-order valence-corrected chi connectivity index (χ4v) is 3.76. The third-order valence-electron chi connectivity index (χ3n) is 4.27. The predicted octanol–water partition coefficient (Wildman–Crippen LogP) is 2.62. The Hall–Kier alpha value is -0.810. The summed E-state index contributed by atoms with van der Waals surface area (Å²) in [6.45, 7) is 3.41. The van der Waals surface area contributed by atoms with Crippen LogP contribution in [0.15, 0.2) is 18.2 Å². The maximum absolute atomic E-state index is 12.2. The van der Waals surface area contributed by atoms with Gasteiger partial charge in [-0.15, -0.1) is 0 Å². The number of carbonyl (C=O) groups excluding carboxylic acids is 1. The Balaban J connectivity index is 1.57. The molecule has 1 amide bonds. The molecule has 2 aliphatic rings. The van der Waals surface area contributed by atoms with Gasteiger partial charge in [-0.2, -0.15) is 0 Å². The molecule has 2 unspecified atom stereocenters. The van der Waals surface area contributed by atoms with E-state index in [0.717, 1.165) is 19.6 Å². The number of nitrogens with zero attached hydrogens (tertiary/aromatic N) is 1. The van der Waals surface area contributed by atoms with Crippen molar-refractivity contribution in [3.8, 4) is 0 Å². The topological polar surface area (TPSA) is 44.4 Å². The minimum Gasteiger partial charge on any atom is -0.322 e. The molecular formula is C15H19Cl2N3O. The van der Waals surface area contributed by atoms with Gasteiger partial charge < -0.3 is 10.6 Å². The number of hydrogen-bond donors (Lipinski definition) is 2. The molecule has 2 aliphatic heterocycles. The van der Waals surface area contributed by atoms with E-state index >= 15 is 0 Å². The lowest BCUT2D eigenvalue weighted by atomic mass is 9.94. The standard InChI is InChI=1S/C15H19Cl2N3O/c16-11-4-1-5-12(17)15(11)19-14(21)9-20-7-10-3-2-6-18-13(10)8-20/h1,4-5,10,13,18H,2-3,6-9H2,(H,19,21). The minimum atomic E-state index is -0.0661. The monoisotopic (exact) mass is 327 g/mol. The molecule has 4 nitrogen and oxygen atoms in total. The van der Waals surface area contributed by atoms with E-state index in [4.69, 9.17) is 23.2 Å². The molecule has 2 saturated heterocycles. The summed E-state index contributed by atoms with van der Waals surface area (Å²) in [7, 11) is 0. The summed E-state index contributed by atoms with van der Waals surface area (Å²) in [4.78, 5) is 14.4. The van der Waals surface area contributed by atoms with E-state index < -0.39 is 0 Å². The third-order valence-corrected chi connectivity index (χ3v) is 4.90. The van der Waals surface area contributed by atoms with Gasteiger partial charge in [0.05, 0.1) is 22.3 Å². The van der Waals surface area contributed by atoms with Crippen molar-refractivity contribution in [2.75, 3.05) is 31.5 Å². The number of hydrogen-bond acceptors (Lipinski definition) is 3. The van der Waals surface area contributed by atoms with Gasteiger partial charge in [-0.25, -0.2) is 0 Å². The molecule has 114 valence electrons. The fourth-order valence-electron chi connectivity index (χ4n) is 3.26. The van der Waals surface area contributed by atoms with Crippen molar-refractivity contribution in [3.05, 3.63) is 28.2 Å². The van der Waals surface area contributed by atoms with Crippen molar-refractivity contribution >= 4 is 34.8 Å². The second kappa shape index (κ2) is 6.53. The fraction of sp³-hybridized carbons (Fsp3) is 0.533.